The number of aryl methyl sites for hydroxylation is 1. The Morgan fingerprint density at radius 2 is 2.17 bits per heavy atom. The molecule has 3 aromatic rings. The van der Waals surface area contributed by atoms with Crippen LogP contribution in [0.2, 0.25) is 5.02 Å². The van der Waals surface area contributed by atoms with Gasteiger partial charge in [0.05, 0.1) is 15.0 Å². The highest BCUT2D eigenvalue weighted by Gasteiger charge is 2.17. The van der Waals surface area contributed by atoms with Crippen molar-refractivity contribution in [3.05, 3.63) is 84.6 Å². The predicted molar refractivity (Wildman–Crippen MR) is 111 cm³/mol. The molecule has 0 radical (unpaired) electrons. The Morgan fingerprint density at radius 3 is 2.86 bits per heavy atom. The van der Waals surface area contributed by atoms with Crippen molar-refractivity contribution >= 4 is 28.6 Å². The standard InChI is InChI=1S/C20H19ClFN3O3S/c1-13-10-24-20(29-13)7-8-23-11-14-5-6-19(18(9-14)25(26)27)28-12-15-16(21)3-2-4-17(15)22/h2-6,9-10,23H,7-8,11-12H2,1H3. The first-order valence-corrected chi connectivity index (χ1v) is 10.1. The molecule has 3 rings (SSSR count). The molecule has 0 aliphatic carbocycles. The zero-order chi connectivity index (χ0) is 20.8. The van der Waals surface area contributed by atoms with E-state index in [0.29, 0.717) is 13.1 Å². The van der Waals surface area contributed by atoms with Crippen molar-refractivity contribution in [1.82, 2.24) is 10.3 Å². The van der Waals surface area contributed by atoms with Gasteiger partial charge >= 0.3 is 5.69 Å². The van der Waals surface area contributed by atoms with Gasteiger partial charge in [0.25, 0.3) is 0 Å². The SMILES string of the molecule is Cc1cnc(CCNCc2ccc(OCc3c(F)cccc3Cl)c([N+](=O)[O-])c2)s1. The van der Waals surface area contributed by atoms with Crippen LogP contribution in [0.15, 0.2) is 42.6 Å². The van der Waals surface area contributed by atoms with E-state index >= 15 is 0 Å². The number of nitro benzene ring substituents is 1. The van der Waals surface area contributed by atoms with Crippen LogP contribution < -0.4 is 10.1 Å². The van der Waals surface area contributed by atoms with Gasteiger partial charge in [0.1, 0.15) is 12.4 Å². The summed E-state index contributed by atoms with van der Waals surface area (Å²) in [5.41, 5.74) is 0.738. The van der Waals surface area contributed by atoms with Crippen molar-refractivity contribution in [2.75, 3.05) is 6.54 Å². The minimum Gasteiger partial charge on any atom is -0.482 e. The summed E-state index contributed by atoms with van der Waals surface area (Å²) in [6.45, 7) is 3.00. The Morgan fingerprint density at radius 1 is 1.34 bits per heavy atom. The van der Waals surface area contributed by atoms with Crippen LogP contribution in [0.25, 0.3) is 0 Å². The van der Waals surface area contributed by atoms with Gasteiger partial charge in [-0.05, 0) is 30.7 Å². The van der Waals surface area contributed by atoms with Gasteiger partial charge in [-0.25, -0.2) is 9.37 Å². The van der Waals surface area contributed by atoms with Crippen molar-refractivity contribution < 1.29 is 14.1 Å². The normalized spacial score (nSPS) is 10.9. The van der Waals surface area contributed by atoms with Crippen LogP contribution in [0, 0.1) is 22.9 Å². The second kappa shape index (κ2) is 9.78. The monoisotopic (exact) mass is 435 g/mol. The zero-order valence-electron chi connectivity index (χ0n) is 15.7. The maximum absolute atomic E-state index is 13.9. The third kappa shape index (κ3) is 5.72. The summed E-state index contributed by atoms with van der Waals surface area (Å²) in [6.07, 6.45) is 2.64. The molecule has 0 amide bonds. The van der Waals surface area contributed by atoms with Gasteiger partial charge in [0, 0.05) is 42.2 Å². The third-order valence-corrected chi connectivity index (χ3v) is 5.49. The number of ether oxygens (including phenoxy) is 1. The molecular weight excluding hydrogens is 417 g/mol. The van der Waals surface area contributed by atoms with E-state index in [9.17, 15) is 14.5 Å². The molecule has 2 aromatic carbocycles. The second-order valence-corrected chi connectivity index (χ2v) is 8.07. The number of hydrogen-bond acceptors (Lipinski definition) is 6. The van der Waals surface area contributed by atoms with E-state index in [4.69, 9.17) is 16.3 Å². The first-order valence-electron chi connectivity index (χ1n) is 8.89. The van der Waals surface area contributed by atoms with E-state index in [0.717, 1.165) is 17.0 Å². The quantitative estimate of drug-likeness (QED) is 0.288. The van der Waals surface area contributed by atoms with Gasteiger partial charge in [-0.2, -0.15) is 0 Å². The fourth-order valence-electron chi connectivity index (χ4n) is 2.70. The summed E-state index contributed by atoms with van der Waals surface area (Å²) in [5.74, 6) is -0.451. The number of nitro groups is 1. The van der Waals surface area contributed by atoms with Crippen molar-refractivity contribution in [2.24, 2.45) is 0 Å². The molecule has 0 aliphatic heterocycles. The van der Waals surface area contributed by atoms with E-state index in [-0.39, 0.29) is 28.6 Å². The van der Waals surface area contributed by atoms with E-state index in [2.05, 4.69) is 10.3 Å². The lowest BCUT2D eigenvalue weighted by Crippen LogP contribution is -2.16. The summed E-state index contributed by atoms with van der Waals surface area (Å²) in [4.78, 5) is 16.4. The molecule has 0 saturated heterocycles. The molecule has 0 atom stereocenters. The average molecular weight is 436 g/mol. The van der Waals surface area contributed by atoms with Crippen LogP contribution in [0.1, 0.15) is 21.0 Å². The number of thiazole rings is 1. The van der Waals surface area contributed by atoms with Gasteiger partial charge < -0.3 is 10.1 Å². The molecule has 0 unspecified atom stereocenters. The van der Waals surface area contributed by atoms with Crippen molar-refractivity contribution in [3.63, 3.8) is 0 Å². The first-order chi connectivity index (χ1) is 13.9. The number of nitrogens with zero attached hydrogens (tertiary/aromatic N) is 2. The Bertz CT molecular complexity index is 992. The number of nitrogens with one attached hydrogen (secondary N) is 1. The lowest BCUT2D eigenvalue weighted by Gasteiger charge is -2.10. The third-order valence-electron chi connectivity index (χ3n) is 4.17. The number of aromatic nitrogens is 1. The van der Waals surface area contributed by atoms with E-state index < -0.39 is 10.7 Å². The first kappa shape index (κ1) is 21.2. The average Bonchev–Trinajstić information content (AvgIpc) is 3.10. The van der Waals surface area contributed by atoms with E-state index in [1.807, 2.05) is 13.1 Å². The Hall–Kier alpha value is -2.55. The largest absolute Gasteiger partial charge is 0.482 e. The second-order valence-electron chi connectivity index (χ2n) is 6.34. The van der Waals surface area contributed by atoms with E-state index in [1.165, 1.54) is 29.1 Å². The topological polar surface area (TPSA) is 77.3 Å². The van der Waals surface area contributed by atoms with Gasteiger partial charge in [-0.15, -0.1) is 11.3 Å². The van der Waals surface area contributed by atoms with Crippen molar-refractivity contribution in [3.8, 4) is 5.75 Å². The number of rotatable bonds is 9. The van der Waals surface area contributed by atoms with Crippen molar-refractivity contribution in [2.45, 2.75) is 26.5 Å². The Kier molecular flexibility index (Phi) is 7.13. The number of benzene rings is 2. The smallest absolute Gasteiger partial charge is 0.311 e. The Labute approximate surface area is 176 Å². The van der Waals surface area contributed by atoms with Crippen molar-refractivity contribution in [1.29, 1.82) is 0 Å². The molecule has 0 fully saturated rings. The highest BCUT2D eigenvalue weighted by molar-refractivity contribution is 7.11. The minimum absolute atomic E-state index is 0.0660. The van der Waals surface area contributed by atoms with Crippen LogP contribution in [0.4, 0.5) is 10.1 Å². The molecule has 0 saturated carbocycles. The lowest BCUT2D eigenvalue weighted by molar-refractivity contribution is -0.386. The molecule has 6 nitrogen and oxygen atoms in total. The number of halogens is 2. The molecule has 1 aromatic heterocycles. The molecule has 29 heavy (non-hydrogen) atoms. The predicted octanol–water partition coefficient (Wildman–Crippen LogP) is 5.06. The molecular formula is C20H19ClFN3O3S. The van der Waals surface area contributed by atoms with Gasteiger partial charge in [-0.1, -0.05) is 23.7 Å². The summed E-state index contributed by atoms with van der Waals surface area (Å²) in [7, 11) is 0. The Balaban J connectivity index is 1.61. The van der Waals surface area contributed by atoms with Crippen LogP contribution in [-0.4, -0.2) is 16.5 Å². The summed E-state index contributed by atoms with van der Waals surface area (Å²) in [6, 6.07) is 9.01. The summed E-state index contributed by atoms with van der Waals surface area (Å²) < 4.78 is 19.4. The van der Waals surface area contributed by atoms with Gasteiger partial charge in [-0.3, -0.25) is 10.1 Å². The molecule has 1 N–H and O–H groups in total. The molecule has 9 heteroatoms. The maximum atomic E-state index is 13.9. The fraction of sp³-hybridized carbons (Fsp3) is 0.250. The van der Waals surface area contributed by atoms with E-state index in [1.54, 1.807) is 23.5 Å². The van der Waals surface area contributed by atoms with Crippen LogP contribution >= 0.6 is 22.9 Å². The van der Waals surface area contributed by atoms with Gasteiger partial charge in [0.2, 0.25) is 0 Å². The number of hydrogen-bond donors (Lipinski definition) is 1. The molecule has 0 spiro atoms. The fourth-order valence-corrected chi connectivity index (χ4v) is 3.71. The summed E-state index contributed by atoms with van der Waals surface area (Å²) in [5, 5.41) is 16.0. The maximum Gasteiger partial charge on any atom is 0.311 e. The van der Waals surface area contributed by atoms with Crippen LogP contribution in [0.5, 0.6) is 5.75 Å². The highest BCUT2D eigenvalue weighted by Crippen LogP contribution is 2.30. The minimum atomic E-state index is -0.517. The molecule has 152 valence electrons. The summed E-state index contributed by atoms with van der Waals surface area (Å²) >= 11 is 7.63. The molecule has 0 bridgehead atoms. The van der Waals surface area contributed by atoms with Gasteiger partial charge in [0.15, 0.2) is 5.75 Å². The molecule has 1 heterocycles. The van der Waals surface area contributed by atoms with Crippen LogP contribution in [0.3, 0.4) is 0 Å². The zero-order valence-corrected chi connectivity index (χ0v) is 17.2. The lowest BCUT2D eigenvalue weighted by atomic mass is 10.1. The van der Waals surface area contributed by atoms with Crippen LogP contribution in [-0.2, 0) is 19.6 Å². The highest BCUT2D eigenvalue weighted by atomic mass is 35.5. The molecule has 0 aliphatic rings.